The SMILES string of the molecule is CCCC(N)C(=O)NCCCCN1CC(C)OC(C)C1. The molecular formula is C15H31N3O2. The van der Waals surface area contributed by atoms with Crippen LogP contribution in [0, 0.1) is 0 Å². The van der Waals surface area contributed by atoms with E-state index in [1.54, 1.807) is 0 Å². The summed E-state index contributed by atoms with van der Waals surface area (Å²) >= 11 is 0. The minimum atomic E-state index is -0.346. The molecule has 0 aromatic rings. The maximum atomic E-state index is 11.6. The molecule has 5 nitrogen and oxygen atoms in total. The lowest BCUT2D eigenvalue weighted by atomic mass is 10.1. The highest BCUT2D eigenvalue weighted by Gasteiger charge is 2.21. The summed E-state index contributed by atoms with van der Waals surface area (Å²) in [5, 5.41) is 2.92. The highest BCUT2D eigenvalue weighted by atomic mass is 16.5. The fraction of sp³-hybridized carbons (Fsp3) is 0.933. The molecule has 0 saturated carbocycles. The van der Waals surface area contributed by atoms with Crippen molar-refractivity contribution in [3.63, 3.8) is 0 Å². The summed E-state index contributed by atoms with van der Waals surface area (Å²) in [6, 6.07) is -0.346. The zero-order valence-electron chi connectivity index (χ0n) is 13.2. The average Bonchev–Trinajstić information content (AvgIpc) is 2.37. The molecule has 3 unspecified atom stereocenters. The molecule has 0 spiro atoms. The number of hydrogen-bond acceptors (Lipinski definition) is 4. The molecule has 1 fully saturated rings. The first-order chi connectivity index (χ1) is 9.52. The molecular weight excluding hydrogens is 254 g/mol. The first kappa shape index (κ1) is 17.4. The number of carbonyl (C=O) groups is 1. The summed E-state index contributed by atoms with van der Waals surface area (Å²) < 4.78 is 5.71. The van der Waals surface area contributed by atoms with Crippen molar-refractivity contribution in [3.8, 4) is 0 Å². The van der Waals surface area contributed by atoms with Crippen molar-refractivity contribution in [1.82, 2.24) is 10.2 Å². The lowest BCUT2D eigenvalue weighted by Gasteiger charge is -2.35. The smallest absolute Gasteiger partial charge is 0.236 e. The first-order valence-corrected chi connectivity index (χ1v) is 7.94. The van der Waals surface area contributed by atoms with E-state index in [-0.39, 0.29) is 11.9 Å². The summed E-state index contributed by atoms with van der Waals surface area (Å²) in [4.78, 5) is 14.1. The molecule has 0 bridgehead atoms. The van der Waals surface area contributed by atoms with Gasteiger partial charge in [0.2, 0.25) is 5.91 Å². The second kappa shape index (κ2) is 9.32. The van der Waals surface area contributed by atoms with Crippen LogP contribution in [0.3, 0.4) is 0 Å². The van der Waals surface area contributed by atoms with Crippen LogP contribution in [-0.4, -0.2) is 55.2 Å². The minimum absolute atomic E-state index is 0.0135. The van der Waals surface area contributed by atoms with Gasteiger partial charge in [-0.2, -0.15) is 0 Å². The normalized spacial score (nSPS) is 25.4. The number of unbranched alkanes of at least 4 members (excludes halogenated alkanes) is 1. The Kier molecular flexibility index (Phi) is 8.11. The Morgan fingerprint density at radius 2 is 2.00 bits per heavy atom. The third-order valence-corrected chi connectivity index (χ3v) is 3.63. The predicted molar refractivity (Wildman–Crippen MR) is 81.6 cm³/mol. The Morgan fingerprint density at radius 1 is 1.35 bits per heavy atom. The van der Waals surface area contributed by atoms with Crippen LogP contribution in [0.25, 0.3) is 0 Å². The average molecular weight is 285 g/mol. The molecule has 118 valence electrons. The van der Waals surface area contributed by atoms with E-state index in [4.69, 9.17) is 10.5 Å². The number of carbonyl (C=O) groups excluding carboxylic acids is 1. The molecule has 1 heterocycles. The van der Waals surface area contributed by atoms with Gasteiger partial charge in [-0.15, -0.1) is 0 Å². The topological polar surface area (TPSA) is 67.6 Å². The fourth-order valence-electron chi connectivity index (χ4n) is 2.71. The molecule has 3 N–H and O–H groups in total. The second-order valence-electron chi connectivity index (χ2n) is 5.91. The van der Waals surface area contributed by atoms with Gasteiger partial charge in [0.1, 0.15) is 0 Å². The Hall–Kier alpha value is -0.650. The van der Waals surface area contributed by atoms with Gasteiger partial charge in [0, 0.05) is 19.6 Å². The van der Waals surface area contributed by atoms with Crippen LogP contribution < -0.4 is 11.1 Å². The summed E-state index contributed by atoms with van der Waals surface area (Å²) in [5.74, 6) is -0.0135. The third kappa shape index (κ3) is 6.68. The van der Waals surface area contributed by atoms with Gasteiger partial charge >= 0.3 is 0 Å². The summed E-state index contributed by atoms with van der Waals surface area (Å²) in [5.41, 5.74) is 5.76. The molecule has 0 aromatic carbocycles. The van der Waals surface area contributed by atoms with Crippen molar-refractivity contribution in [3.05, 3.63) is 0 Å². The van der Waals surface area contributed by atoms with Gasteiger partial charge in [-0.25, -0.2) is 0 Å². The molecule has 1 rings (SSSR count). The van der Waals surface area contributed by atoms with Gasteiger partial charge in [-0.3, -0.25) is 9.69 Å². The number of nitrogens with zero attached hydrogens (tertiary/aromatic N) is 1. The molecule has 0 aromatic heterocycles. The maximum Gasteiger partial charge on any atom is 0.236 e. The molecule has 0 aliphatic carbocycles. The van der Waals surface area contributed by atoms with Crippen molar-refractivity contribution in [2.45, 2.75) is 64.7 Å². The van der Waals surface area contributed by atoms with Crippen LogP contribution in [0.15, 0.2) is 0 Å². The van der Waals surface area contributed by atoms with Gasteiger partial charge in [0.25, 0.3) is 0 Å². The first-order valence-electron chi connectivity index (χ1n) is 7.94. The summed E-state index contributed by atoms with van der Waals surface area (Å²) in [6.45, 7) is 10.1. The van der Waals surface area contributed by atoms with Crippen molar-refractivity contribution in [1.29, 1.82) is 0 Å². The van der Waals surface area contributed by atoms with E-state index in [2.05, 4.69) is 24.1 Å². The highest BCUT2D eigenvalue weighted by molar-refractivity contribution is 5.81. The predicted octanol–water partition coefficient (Wildman–Crippen LogP) is 1.12. The van der Waals surface area contributed by atoms with Crippen molar-refractivity contribution < 1.29 is 9.53 Å². The number of amides is 1. The molecule has 0 radical (unpaired) electrons. The molecule has 1 amide bonds. The van der Waals surface area contributed by atoms with E-state index in [1.165, 1.54) is 0 Å². The monoisotopic (exact) mass is 285 g/mol. The Bertz CT molecular complexity index is 276. The van der Waals surface area contributed by atoms with E-state index in [0.717, 1.165) is 51.9 Å². The van der Waals surface area contributed by atoms with E-state index in [1.807, 2.05) is 6.92 Å². The van der Waals surface area contributed by atoms with Crippen LogP contribution in [0.5, 0.6) is 0 Å². The van der Waals surface area contributed by atoms with Gasteiger partial charge in [-0.05, 0) is 39.7 Å². The number of nitrogens with two attached hydrogens (primary N) is 1. The fourth-order valence-corrected chi connectivity index (χ4v) is 2.71. The number of rotatable bonds is 8. The van der Waals surface area contributed by atoms with Crippen LogP contribution in [0.2, 0.25) is 0 Å². The summed E-state index contributed by atoms with van der Waals surface area (Å²) in [6.07, 6.45) is 4.46. The van der Waals surface area contributed by atoms with Gasteiger partial charge in [0.15, 0.2) is 0 Å². The maximum absolute atomic E-state index is 11.6. The van der Waals surface area contributed by atoms with E-state index in [0.29, 0.717) is 12.2 Å². The van der Waals surface area contributed by atoms with Crippen LogP contribution >= 0.6 is 0 Å². The molecule has 1 aliphatic heterocycles. The second-order valence-corrected chi connectivity index (χ2v) is 5.91. The molecule has 5 heteroatoms. The lowest BCUT2D eigenvalue weighted by Crippen LogP contribution is -2.45. The van der Waals surface area contributed by atoms with Crippen LogP contribution in [-0.2, 0) is 9.53 Å². The number of ether oxygens (including phenoxy) is 1. The van der Waals surface area contributed by atoms with E-state index in [9.17, 15) is 4.79 Å². The van der Waals surface area contributed by atoms with Gasteiger partial charge < -0.3 is 15.8 Å². The Morgan fingerprint density at radius 3 is 2.60 bits per heavy atom. The number of morpholine rings is 1. The molecule has 1 saturated heterocycles. The van der Waals surface area contributed by atoms with Crippen molar-refractivity contribution in [2.24, 2.45) is 5.73 Å². The van der Waals surface area contributed by atoms with Gasteiger partial charge in [0.05, 0.1) is 18.2 Å². The number of hydrogen-bond donors (Lipinski definition) is 2. The Labute approximate surface area is 123 Å². The number of nitrogens with one attached hydrogen (secondary N) is 1. The highest BCUT2D eigenvalue weighted by Crippen LogP contribution is 2.11. The third-order valence-electron chi connectivity index (χ3n) is 3.63. The van der Waals surface area contributed by atoms with Crippen molar-refractivity contribution >= 4 is 5.91 Å². The molecule has 1 aliphatic rings. The van der Waals surface area contributed by atoms with Crippen molar-refractivity contribution in [2.75, 3.05) is 26.2 Å². The van der Waals surface area contributed by atoms with E-state index >= 15 is 0 Å². The van der Waals surface area contributed by atoms with Crippen LogP contribution in [0.1, 0.15) is 46.5 Å². The summed E-state index contributed by atoms with van der Waals surface area (Å²) in [7, 11) is 0. The zero-order chi connectivity index (χ0) is 15.0. The molecule has 3 atom stereocenters. The minimum Gasteiger partial charge on any atom is -0.373 e. The zero-order valence-corrected chi connectivity index (χ0v) is 13.2. The lowest BCUT2D eigenvalue weighted by molar-refractivity contribution is -0.122. The largest absolute Gasteiger partial charge is 0.373 e. The van der Waals surface area contributed by atoms with Crippen LogP contribution in [0.4, 0.5) is 0 Å². The molecule has 20 heavy (non-hydrogen) atoms. The quantitative estimate of drug-likeness (QED) is 0.656. The van der Waals surface area contributed by atoms with E-state index < -0.39 is 0 Å². The Balaban J connectivity index is 2.06. The van der Waals surface area contributed by atoms with Gasteiger partial charge in [-0.1, -0.05) is 13.3 Å². The standard InChI is InChI=1S/C15H31N3O2/c1-4-7-14(16)15(19)17-8-5-6-9-18-10-12(2)20-13(3)11-18/h12-14H,4-11,16H2,1-3H3,(H,17,19).